The lowest BCUT2D eigenvalue weighted by atomic mass is 9.86. The third-order valence-electron chi connectivity index (χ3n) is 4.32. The summed E-state index contributed by atoms with van der Waals surface area (Å²) < 4.78 is 0. The molecule has 0 aromatic heterocycles. The number of phenols is 2. The molecule has 0 amide bonds. The van der Waals surface area contributed by atoms with Gasteiger partial charge >= 0.3 is 0 Å². The minimum absolute atomic E-state index is 0.000833. The van der Waals surface area contributed by atoms with Crippen LogP contribution in [0.15, 0.2) is 60.7 Å². The van der Waals surface area contributed by atoms with Gasteiger partial charge in [-0.05, 0) is 34.5 Å². The summed E-state index contributed by atoms with van der Waals surface area (Å²) in [7, 11) is 0. The molecule has 3 N–H and O–H groups in total. The minimum Gasteiger partial charge on any atom is -0.508 e. The van der Waals surface area contributed by atoms with Crippen LogP contribution in [0.3, 0.4) is 0 Å². The van der Waals surface area contributed by atoms with Gasteiger partial charge in [0.25, 0.3) is 0 Å². The second-order valence-electron chi connectivity index (χ2n) is 6.43. The molecule has 0 saturated carbocycles. The summed E-state index contributed by atoms with van der Waals surface area (Å²) in [5, 5.41) is 25.8. The van der Waals surface area contributed by atoms with Crippen molar-refractivity contribution in [1.29, 1.82) is 0 Å². The van der Waals surface area contributed by atoms with E-state index in [0.717, 1.165) is 21.9 Å². The van der Waals surface area contributed by atoms with Crippen molar-refractivity contribution in [2.75, 3.05) is 6.54 Å². The summed E-state index contributed by atoms with van der Waals surface area (Å²) in [6.07, 6.45) is 0. The molecule has 3 rings (SSSR count). The van der Waals surface area contributed by atoms with Crippen molar-refractivity contribution in [3.8, 4) is 11.5 Å². The van der Waals surface area contributed by atoms with Gasteiger partial charge < -0.3 is 15.5 Å². The van der Waals surface area contributed by atoms with E-state index in [9.17, 15) is 10.2 Å². The van der Waals surface area contributed by atoms with Crippen LogP contribution in [0.25, 0.3) is 10.8 Å². The van der Waals surface area contributed by atoms with E-state index in [-0.39, 0.29) is 11.7 Å². The Bertz CT molecular complexity index is 825. The number of nitrogens with one attached hydrogen (secondary N) is 1. The lowest BCUT2D eigenvalue weighted by Crippen LogP contribution is -2.28. The van der Waals surface area contributed by atoms with E-state index in [1.165, 1.54) is 0 Å². The Morgan fingerprint density at radius 3 is 2.29 bits per heavy atom. The zero-order valence-electron chi connectivity index (χ0n) is 14.0. The zero-order valence-corrected chi connectivity index (χ0v) is 14.0. The first-order chi connectivity index (χ1) is 11.6. The molecule has 1 unspecified atom stereocenters. The summed E-state index contributed by atoms with van der Waals surface area (Å²) in [6, 6.07) is 19.4. The quantitative estimate of drug-likeness (QED) is 0.653. The second kappa shape index (κ2) is 6.93. The van der Waals surface area contributed by atoms with Crippen LogP contribution in [0.1, 0.15) is 30.9 Å². The number of rotatable bonds is 5. The fourth-order valence-electron chi connectivity index (χ4n) is 3.10. The predicted octanol–water partition coefficient (Wildman–Crippen LogP) is 4.38. The molecule has 0 saturated heterocycles. The standard InChI is InChI=1S/C21H23NO2/c1-14(2)22-13-19(16-7-10-17(23)11-8-16)21-18-6-4-3-5-15(18)9-12-20(21)24/h3-12,14,19,22-24H,13H2,1-2H3. The van der Waals surface area contributed by atoms with Gasteiger partial charge in [-0.25, -0.2) is 0 Å². The van der Waals surface area contributed by atoms with Crippen LogP contribution in [-0.2, 0) is 0 Å². The number of hydrogen-bond acceptors (Lipinski definition) is 3. The van der Waals surface area contributed by atoms with Crippen LogP contribution >= 0.6 is 0 Å². The van der Waals surface area contributed by atoms with Crippen LogP contribution in [0, 0.1) is 0 Å². The molecule has 0 aliphatic heterocycles. The molecule has 3 aromatic carbocycles. The van der Waals surface area contributed by atoms with Crippen molar-refractivity contribution in [3.05, 3.63) is 71.8 Å². The third kappa shape index (κ3) is 3.36. The smallest absolute Gasteiger partial charge is 0.120 e. The van der Waals surface area contributed by atoms with Crippen LogP contribution in [-0.4, -0.2) is 22.8 Å². The lowest BCUT2D eigenvalue weighted by molar-refractivity contribution is 0.461. The van der Waals surface area contributed by atoms with E-state index in [4.69, 9.17) is 0 Å². The van der Waals surface area contributed by atoms with E-state index in [0.29, 0.717) is 18.3 Å². The van der Waals surface area contributed by atoms with E-state index in [2.05, 4.69) is 25.2 Å². The fraction of sp³-hybridized carbons (Fsp3) is 0.238. The summed E-state index contributed by atoms with van der Waals surface area (Å²) in [5.74, 6) is 0.549. The first kappa shape index (κ1) is 16.3. The predicted molar refractivity (Wildman–Crippen MR) is 98.7 cm³/mol. The molecular weight excluding hydrogens is 298 g/mol. The van der Waals surface area contributed by atoms with Gasteiger partial charge in [0.15, 0.2) is 0 Å². The van der Waals surface area contributed by atoms with Crippen molar-refractivity contribution in [1.82, 2.24) is 5.32 Å². The largest absolute Gasteiger partial charge is 0.508 e. The molecule has 0 radical (unpaired) electrons. The number of aromatic hydroxyl groups is 2. The van der Waals surface area contributed by atoms with Crippen molar-refractivity contribution in [2.24, 2.45) is 0 Å². The number of benzene rings is 3. The highest BCUT2D eigenvalue weighted by molar-refractivity contribution is 5.88. The van der Waals surface area contributed by atoms with Gasteiger partial charge in [0.2, 0.25) is 0 Å². The monoisotopic (exact) mass is 321 g/mol. The van der Waals surface area contributed by atoms with Crippen molar-refractivity contribution < 1.29 is 10.2 Å². The van der Waals surface area contributed by atoms with E-state index < -0.39 is 0 Å². The maximum Gasteiger partial charge on any atom is 0.120 e. The first-order valence-electron chi connectivity index (χ1n) is 8.29. The lowest BCUT2D eigenvalue weighted by Gasteiger charge is -2.23. The highest BCUT2D eigenvalue weighted by atomic mass is 16.3. The zero-order chi connectivity index (χ0) is 17.1. The van der Waals surface area contributed by atoms with Crippen LogP contribution in [0.5, 0.6) is 11.5 Å². The Morgan fingerprint density at radius 1 is 0.875 bits per heavy atom. The maximum absolute atomic E-state index is 10.6. The average Bonchev–Trinajstić information content (AvgIpc) is 2.58. The molecule has 0 fully saturated rings. The molecule has 0 bridgehead atoms. The highest BCUT2D eigenvalue weighted by Crippen LogP contribution is 2.37. The number of hydrogen-bond donors (Lipinski definition) is 3. The van der Waals surface area contributed by atoms with Crippen LogP contribution < -0.4 is 5.32 Å². The van der Waals surface area contributed by atoms with E-state index in [1.54, 1.807) is 18.2 Å². The molecule has 3 aromatic rings. The molecule has 1 atom stereocenters. The molecule has 0 aliphatic carbocycles. The molecule has 24 heavy (non-hydrogen) atoms. The van der Waals surface area contributed by atoms with E-state index in [1.807, 2.05) is 36.4 Å². The molecule has 0 heterocycles. The first-order valence-corrected chi connectivity index (χ1v) is 8.29. The van der Waals surface area contributed by atoms with Gasteiger partial charge in [0.05, 0.1) is 0 Å². The van der Waals surface area contributed by atoms with Gasteiger partial charge in [0, 0.05) is 24.1 Å². The van der Waals surface area contributed by atoms with Crippen molar-refractivity contribution >= 4 is 10.8 Å². The Balaban J connectivity index is 2.14. The van der Waals surface area contributed by atoms with Crippen molar-refractivity contribution in [2.45, 2.75) is 25.8 Å². The summed E-state index contributed by atoms with van der Waals surface area (Å²) in [6.45, 7) is 4.93. The molecule has 3 nitrogen and oxygen atoms in total. The van der Waals surface area contributed by atoms with Gasteiger partial charge in [-0.3, -0.25) is 0 Å². The molecule has 3 heteroatoms. The van der Waals surface area contributed by atoms with Crippen molar-refractivity contribution in [3.63, 3.8) is 0 Å². The molecular formula is C21H23NO2. The van der Waals surface area contributed by atoms with Crippen LogP contribution in [0.2, 0.25) is 0 Å². The van der Waals surface area contributed by atoms with Gasteiger partial charge in [0.1, 0.15) is 11.5 Å². The average molecular weight is 321 g/mol. The Hall–Kier alpha value is -2.52. The van der Waals surface area contributed by atoms with E-state index >= 15 is 0 Å². The molecule has 0 aliphatic rings. The summed E-state index contributed by atoms with van der Waals surface area (Å²) >= 11 is 0. The summed E-state index contributed by atoms with van der Waals surface area (Å²) in [5.41, 5.74) is 1.99. The Morgan fingerprint density at radius 2 is 1.58 bits per heavy atom. The molecule has 0 spiro atoms. The second-order valence-corrected chi connectivity index (χ2v) is 6.43. The Labute approximate surface area is 142 Å². The van der Waals surface area contributed by atoms with Gasteiger partial charge in [-0.15, -0.1) is 0 Å². The number of fused-ring (bicyclic) bond motifs is 1. The highest BCUT2D eigenvalue weighted by Gasteiger charge is 2.20. The summed E-state index contributed by atoms with van der Waals surface area (Å²) in [4.78, 5) is 0. The third-order valence-corrected chi connectivity index (χ3v) is 4.32. The maximum atomic E-state index is 10.6. The number of phenolic OH excluding ortho intramolecular Hbond substituents is 2. The van der Waals surface area contributed by atoms with Gasteiger partial charge in [-0.1, -0.05) is 56.3 Å². The van der Waals surface area contributed by atoms with Gasteiger partial charge in [-0.2, -0.15) is 0 Å². The normalized spacial score (nSPS) is 12.6. The Kier molecular flexibility index (Phi) is 4.72. The topological polar surface area (TPSA) is 52.5 Å². The SMILES string of the molecule is CC(C)NCC(c1ccc(O)cc1)c1c(O)ccc2ccccc12. The minimum atomic E-state index is -0.000833. The van der Waals surface area contributed by atoms with Crippen LogP contribution in [0.4, 0.5) is 0 Å². The fourth-order valence-corrected chi connectivity index (χ4v) is 3.10. The molecule has 124 valence electrons.